The topological polar surface area (TPSA) is 44.4 Å². The van der Waals surface area contributed by atoms with Crippen LogP contribution in [0.2, 0.25) is 0 Å². The van der Waals surface area contributed by atoms with E-state index in [1.54, 1.807) is 0 Å². The van der Waals surface area contributed by atoms with Gasteiger partial charge in [0.25, 0.3) is 5.91 Å². The molecule has 1 saturated heterocycles. The first-order chi connectivity index (χ1) is 7.75. The van der Waals surface area contributed by atoms with E-state index in [0.29, 0.717) is 0 Å². The Morgan fingerprint density at radius 1 is 1.44 bits per heavy atom. The fourth-order valence-corrected chi connectivity index (χ4v) is 2.42. The highest BCUT2D eigenvalue weighted by molar-refractivity contribution is 6.02. The Hall–Kier alpha value is -1.55. The Labute approximate surface area is 94.6 Å². The summed E-state index contributed by atoms with van der Waals surface area (Å²) in [6.07, 6.45) is 0.107. The van der Waals surface area contributed by atoms with Gasteiger partial charge in [0.15, 0.2) is 0 Å². The van der Waals surface area contributed by atoms with E-state index in [4.69, 9.17) is 0 Å². The number of hydrogen-bond acceptors (Lipinski definition) is 3. The van der Waals surface area contributed by atoms with Crippen LogP contribution in [-0.2, 0) is 0 Å². The van der Waals surface area contributed by atoms with E-state index in [9.17, 15) is 4.79 Å². The standard InChI is InChI=1S/C12H15N3O/c1-8-2-3-9-10(6-8)15-5-4-13-7-11(15)14-12(9)16/h2-3,6,11,13H,4-5,7H2,1H3,(H,14,16)/t11-/m1/s1. The van der Waals surface area contributed by atoms with Crippen molar-refractivity contribution in [1.82, 2.24) is 10.6 Å². The van der Waals surface area contributed by atoms with Crippen molar-refractivity contribution in [2.75, 3.05) is 24.5 Å². The molecule has 0 bridgehead atoms. The number of amides is 1. The second-order valence-electron chi connectivity index (χ2n) is 4.41. The summed E-state index contributed by atoms with van der Waals surface area (Å²) in [5.74, 6) is 0.0416. The van der Waals surface area contributed by atoms with Gasteiger partial charge in [-0.2, -0.15) is 0 Å². The summed E-state index contributed by atoms with van der Waals surface area (Å²) in [5.41, 5.74) is 3.07. The molecule has 0 radical (unpaired) electrons. The molecule has 0 saturated carbocycles. The average Bonchev–Trinajstić information content (AvgIpc) is 2.29. The van der Waals surface area contributed by atoms with Crippen molar-refractivity contribution in [1.29, 1.82) is 0 Å². The van der Waals surface area contributed by atoms with Gasteiger partial charge in [-0.25, -0.2) is 0 Å². The number of piperazine rings is 1. The van der Waals surface area contributed by atoms with Crippen molar-refractivity contribution < 1.29 is 4.79 Å². The van der Waals surface area contributed by atoms with Crippen LogP contribution in [0, 0.1) is 6.92 Å². The van der Waals surface area contributed by atoms with Crippen molar-refractivity contribution in [3.63, 3.8) is 0 Å². The van der Waals surface area contributed by atoms with E-state index in [1.165, 1.54) is 5.56 Å². The molecule has 1 aromatic rings. The third-order valence-corrected chi connectivity index (χ3v) is 3.25. The highest BCUT2D eigenvalue weighted by Gasteiger charge is 2.31. The molecule has 2 aliphatic heterocycles. The molecule has 4 heteroatoms. The minimum atomic E-state index is 0.0416. The van der Waals surface area contributed by atoms with Gasteiger partial charge in [-0.3, -0.25) is 4.79 Å². The Bertz CT molecular complexity index is 444. The number of aryl methyl sites for hydroxylation is 1. The summed E-state index contributed by atoms with van der Waals surface area (Å²) < 4.78 is 0. The molecule has 1 amide bonds. The van der Waals surface area contributed by atoms with E-state index in [2.05, 4.69) is 28.5 Å². The Morgan fingerprint density at radius 3 is 3.19 bits per heavy atom. The fourth-order valence-electron chi connectivity index (χ4n) is 2.42. The van der Waals surface area contributed by atoms with Crippen LogP contribution >= 0.6 is 0 Å². The number of benzene rings is 1. The number of hydrogen-bond donors (Lipinski definition) is 2. The molecule has 2 aliphatic rings. The lowest BCUT2D eigenvalue weighted by molar-refractivity contribution is 0.0923. The molecule has 1 atom stereocenters. The molecular formula is C12H15N3O. The second-order valence-corrected chi connectivity index (χ2v) is 4.41. The zero-order chi connectivity index (χ0) is 11.1. The number of carbonyl (C=O) groups excluding carboxylic acids is 1. The number of nitrogens with zero attached hydrogens (tertiary/aromatic N) is 1. The van der Waals surface area contributed by atoms with Crippen molar-refractivity contribution in [3.8, 4) is 0 Å². The number of nitrogens with one attached hydrogen (secondary N) is 2. The van der Waals surface area contributed by atoms with Crippen molar-refractivity contribution >= 4 is 11.6 Å². The first kappa shape index (κ1) is 9.66. The van der Waals surface area contributed by atoms with Crippen LogP contribution in [0.5, 0.6) is 0 Å². The molecule has 0 spiro atoms. The minimum absolute atomic E-state index is 0.0416. The van der Waals surface area contributed by atoms with Crippen LogP contribution < -0.4 is 15.5 Å². The highest BCUT2D eigenvalue weighted by atomic mass is 16.2. The zero-order valence-corrected chi connectivity index (χ0v) is 9.29. The van der Waals surface area contributed by atoms with E-state index in [-0.39, 0.29) is 12.1 Å². The SMILES string of the molecule is Cc1ccc2c(c1)N1CCNC[C@@H]1NC2=O. The Kier molecular flexibility index (Phi) is 2.11. The van der Waals surface area contributed by atoms with Gasteiger partial charge in [-0.15, -0.1) is 0 Å². The van der Waals surface area contributed by atoms with E-state index in [0.717, 1.165) is 30.9 Å². The molecule has 1 fully saturated rings. The van der Waals surface area contributed by atoms with Gasteiger partial charge < -0.3 is 15.5 Å². The van der Waals surface area contributed by atoms with Gasteiger partial charge in [0.1, 0.15) is 6.17 Å². The van der Waals surface area contributed by atoms with Gasteiger partial charge in [0.05, 0.1) is 11.3 Å². The number of carbonyl (C=O) groups is 1. The summed E-state index contributed by atoms with van der Waals surface area (Å²) in [6.45, 7) is 4.80. The number of rotatable bonds is 0. The van der Waals surface area contributed by atoms with Gasteiger partial charge in [-0.05, 0) is 24.6 Å². The predicted octanol–water partition coefficient (Wildman–Crippen LogP) is 0.474. The van der Waals surface area contributed by atoms with Gasteiger partial charge in [-0.1, -0.05) is 6.07 Å². The lowest BCUT2D eigenvalue weighted by Gasteiger charge is -2.42. The van der Waals surface area contributed by atoms with Crippen LogP contribution in [0.4, 0.5) is 5.69 Å². The van der Waals surface area contributed by atoms with E-state index < -0.39 is 0 Å². The predicted molar refractivity (Wildman–Crippen MR) is 62.6 cm³/mol. The van der Waals surface area contributed by atoms with Crippen LogP contribution in [-0.4, -0.2) is 31.7 Å². The smallest absolute Gasteiger partial charge is 0.255 e. The molecule has 1 aromatic carbocycles. The summed E-state index contributed by atoms with van der Waals surface area (Å²) in [7, 11) is 0. The van der Waals surface area contributed by atoms with Crippen LogP contribution in [0.1, 0.15) is 15.9 Å². The van der Waals surface area contributed by atoms with Crippen molar-refractivity contribution in [2.45, 2.75) is 13.1 Å². The molecule has 0 aromatic heterocycles. The first-order valence-corrected chi connectivity index (χ1v) is 5.64. The Balaban J connectivity index is 2.09. The normalized spacial score (nSPS) is 23.4. The highest BCUT2D eigenvalue weighted by Crippen LogP contribution is 2.27. The second kappa shape index (κ2) is 3.49. The molecular weight excluding hydrogens is 202 g/mol. The maximum atomic E-state index is 11.9. The van der Waals surface area contributed by atoms with Gasteiger partial charge in [0, 0.05) is 19.6 Å². The summed E-state index contributed by atoms with van der Waals surface area (Å²) in [5, 5.41) is 6.31. The van der Waals surface area contributed by atoms with E-state index >= 15 is 0 Å². The minimum Gasteiger partial charge on any atom is -0.348 e. The summed E-state index contributed by atoms with van der Waals surface area (Å²) in [6, 6.07) is 6.01. The van der Waals surface area contributed by atoms with Crippen LogP contribution in [0.3, 0.4) is 0 Å². The zero-order valence-electron chi connectivity index (χ0n) is 9.29. The van der Waals surface area contributed by atoms with Crippen molar-refractivity contribution in [2.24, 2.45) is 0 Å². The summed E-state index contributed by atoms with van der Waals surface area (Å²) in [4.78, 5) is 14.2. The lowest BCUT2D eigenvalue weighted by Crippen LogP contribution is -2.62. The molecule has 16 heavy (non-hydrogen) atoms. The molecule has 0 unspecified atom stereocenters. The molecule has 2 N–H and O–H groups in total. The number of fused-ring (bicyclic) bond motifs is 3. The van der Waals surface area contributed by atoms with Crippen LogP contribution in [0.15, 0.2) is 18.2 Å². The molecule has 84 valence electrons. The fraction of sp³-hybridized carbons (Fsp3) is 0.417. The summed E-state index contributed by atoms with van der Waals surface area (Å²) >= 11 is 0. The molecule has 0 aliphatic carbocycles. The third-order valence-electron chi connectivity index (χ3n) is 3.25. The van der Waals surface area contributed by atoms with Gasteiger partial charge >= 0.3 is 0 Å². The average molecular weight is 217 g/mol. The van der Waals surface area contributed by atoms with Gasteiger partial charge in [0.2, 0.25) is 0 Å². The molecule has 4 nitrogen and oxygen atoms in total. The maximum absolute atomic E-state index is 11.9. The molecule has 3 rings (SSSR count). The Morgan fingerprint density at radius 2 is 2.31 bits per heavy atom. The van der Waals surface area contributed by atoms with E-state index in [1.807, 2.05) is 12.1 Å². The molecule has 2 heterocycles. The largest absolute Gasteiger partial charge is 0.348 e. The lowest BCUT2D eigenvalue weighted by atomic mass is 10.0. The first-order valence-electron chi connectivity index (χ1n) is 5.64. The number of anilines is 1. The monoisotopic (exact) mass is 217 g/mol. The van der Waals surface area contributed by atoms with Crippen molar-refractivity contribution in [3.05, 3.63) is 29.3 Å². The van der Waals surface area contributed by atoms with Crippen LogP contribution in [0.25, 0.3) is 0 Å². The quantitative estimate of drug-likeness (QED) is 0.664. The third kappa shape index (κ3) is 1.38. The maximum Gasteiger partial charge on any atom is 0.255 e.